The minimum absolute atomic E-state index is 0.187. The van der Waals surface area contributed by atoms with E-state index in [0.29, 0.717) is 0 Å². The molecule has 0 aromatic carbocycles. The lowest BCUT2D eigenvalue weighted by Crippen LogP contribution is -2.39. The average Bonchev–Trinajstić information content (AvgIpc) is 2.41. The summed E-state index contributed by atoms with van der Waals surface area (Å²) in [5.74, 6) is 0.383. The van der Waals surface area contributed by atoms with Crippen molar-refractivity contribution in [2.45, 2.75) is 26.3 Å². The van der Waals surface area contributed by atoms with Gasteiger partial charge in [-0.3, -0.25) is 14.7 Å². The molecule has 1 aliphatic heterocycles. The summed E-state index contributed by atoms with van der Waals surface area (Å²) in [6, 6.07) is 4.18. The zero-order valence-corrected chi connectivity index (χ0v) is 11.1. The second-order valence-corrected chi connectivity index (χ2v) is 4.97. The highest BCUT2D eigenvalue weighted by Gasteiger charge is 2.23. The Bertz CT molecular complexity index is 394. The van der Waals surface area contributed by atoms with Gasteiger partial charge in [0.05, 0.1) is 0 Å². The van der Waals surface area contributed by atoms with Gasteiger partial charge < -0.3 is 5.32 Å². The topological polar surface area (TPSA) is 45.2 Å². The molecule has 1 N–H and O–H groups in total. The van der Waals surface area contributed by atoms with E-state index in [1.807, 2.05) is 19.2 Å². The molecule has 1 aromatic heterocycles. The molecule has 0 saturated carbocycles. The zero-order chi connectivity index (χ0) is 13.0. The van der Waals surface area contributed by atoms with Crippen molar-refractivity contribution in [3.05, 3.63) is 29.6 Å². The Morgan fingerprint density at radius 1 is 1.44 bits per heavy atom. The summed E-state index contributed by atoms with van der Waals surface area (Å²) < 4.78 is 0. The van der Waals surface area contributed by atoms with Crippen LogP contribution in [0.25, 0.3) is 0 Å². The molecule has 0 aliphatic carbocycles. The normalized spacial score (nSPS) is 17.7. The highest BCUT2D eigenvalue weighted by atomic mass is 16.1. The predicted octanol–water partition coefficient (Wildman–Crippen LogP) is 1.35. The summed E-state index contributed by atoms with van der Waals surface area (Å²) in [6.45, 7) is 4.92. The molecule has 1 aromatic rings. The third-order valence-corrected chi connectivity index (χ3v) is 3.58. The molecular formula is C14H21N3O. The number of nitrogens with zero attached hydrogens (tertiary/aromatic N) is 2. The number of likely N-dealkylation sites (tertiary alicyclic amines) is 1. The fourth-order valence-corrected chi connectivity index (χ4v) is 2.41. The average molecular weight is 247 g/mol. The molecule has 4 nitrogen and oxygen atoms in total. The summed E-state index contributed by atoms with van der Waals surface area (Å²) in [5.41, 5.74) is 2.30. The number of aromatic nitrogens is 1. The molecule has 0 radical (unpaired) electrons. The third kappa shape index (κ3) is 3.29. The largest absolute Gasteiger partial charge is 0.359 e. The molecule has 0 spiro atoms. The second kappa shape index (κ2) is 5.96. The lowest BCUT2D eigenvalue weighted by Gasteiger charge is -2.30. The molecule has 18 heavy (non-hydrogen) atoms. The van der Waals surface area contributed by atoms with Crippen LogP contribution < -0.4 is 5.32 Å². The van der Waals surface area contributed by atoms with Crippen LogP contribution in [0.1, 0.15) is 24.1 Å². The van der Waals surface area contributed by atoms with Crippen LogP contribution in [0.3, 0.4) is 0 Å². The highest BCUT2D eigenvalue weighted by Crippen LogP contribution is 2.18. The fraction of sp³-hybridized carbons (Fsp3) is 0.571. The first kappa shape index (κ1) is 13.0. The lowest BCUT2D eigenvalue weighted by atomic mass is 9.96. The van der Waals surface area contributed by atoms with E-state index in [2.05, 4.69) is 21.3 Å². The van der Waals surface area contributed by atoms with Gasteiger partial charge >= 0.3 is 0 Å². The molecule has 1 amide bonds. The minimum atomic E-state index is 0.187. The van der Waals surface area contributed by atoms with E-state index in [1.165, 1.54) is 5.56 Å². The molecule has 1 fully saturated rings. The van der Waals surface area contributed by atoms with Crippen molar-refractivity contribution in [2.24, 2.45) is 5.92 Å². The maximum absolute atomic E-state index is 11.5. The van der Waals surface area contributed by atoms with Gasteiger partial charge in [0.1, 0.15) is 0 Å². The summed E-state index contributed by atoms with van der Waals surface area (Å²) >= 11 is 0. The maximum atomic E-state index is 11.5. The van der Waals surface area contributed by atoms with Gasteiger partial charge in [-0.15, -0.1) is 0 Å². The first-order chi connectivity index (χ1) is 8.69. The van der Waals surface area contributed by atoms with Gasteiger partial charge in [0, 0.05) is 31.4 Å². The Balaban J connectivity index is 1.83. The quantitative estimate of drug-likeness (QED) is 0.877. The molecule has 0 atom stereocenters. The zero-order valence-electron chi connectivity index (χ0n) is 11.1. The number of carbonyl (C=O) groups is 1. The first-order valence-electron chi connectivity index (χ1n) is 6.54. The van der Waals surface area contributed by atoms with E-state index in [1.54, 1.807) is 7.05 Å². The van der Waals surface area contributed by atoms with E-state index >= 15 is 0 Å². The van der Waals surface area contributed by atoms with Crippen LogP contribution in [0.4, 0.5) is 0 Å². The van der Waals surface area contributed by atoms with E-state index < -0.39 is 0 Å². The Labute approximate surface area is 108 Å². The molecule has 2 rings (SSSR count). The van der Waals surface area contributed by atoms with Crippen molar-refractivity contribution in [2.75, 3.05) is 20.1 Å². The molecule has 4 heteroatoms. The Kier molecular flexibility index (Phi) is 4.31. The van der Waals surface area contributed by atoms with E-state index in [-0.39, 0.29) is 11.8 Å². The van der Waals surface area contributed by atoms with Crippen LogP contribution in [0.2, 0.25) is 0 Å². The summed E-state index contributed by atoms with van der Waals surface area (Å²) in [5, 5.41) is 2.74. The molecule has 1 aliphatic rings. The summed E-state index contributed by atoms with van der Waals surface area (Å²) in [4.78, 5) is 18.2. The number of hydrogen-bond acceptors (Lipinski definition) is 3. The number of nitrogens with one attached hydrogen (secondary N) is 1. The fourth-order valence-electron chi connectivity index (χ4n) is 2.41. The molecule has 98 valence electrons. The van der Waals surface area contributed by atoms with Crippen LogP contribution in [-0.4, -0.2) is 35.9 Å². The van der Waals surface area contributed by atoms with Gasteiger partial charge in [0.25, 0.3) is 0 Å². The van der Waals surface area contributed by atoms with Gasteiger partial charge in [0.15, 0.2) is 0 Å². The van der Waals surface area contributed by atoms with Crippen molar-refractivity contribution in [3.63, 3.8) is 0 Å². The molecule has 0 unspecified atom stereocenters. The van der Waals surface area contributed by atoms with E-state index in [9.17, 15) is 4.79 Å². The van der Waals surface area contributed by atoms with Crippen LogP contribution in [0.15, 0.2) is 18.3 Å². The first-order valence-corrected chi connectivity index (χ1v) is 6.54. The van der Waals surface area contributed by atoms with Gasteiger partial charge in [-0.2, -0.15) is 0 Å². The number of rotatable bonds is 3. The van der Waals surface area contributed by atoms with Crippen LogP contribution in [0.5, 0.6) is 0 Å². The SMILES string of the molecule is CNC(=O)C1CCN(Cc2ccc(C)nc2)CC1. The third-order valence-electron chi connectivity index (χ3n) is 3.58. The minimum Gasteiger partial charge on any atom is -0.359 e. The lowest BCUT2D eigenvalue weighted by molar-refractivity contribution is -0.125. The number of aryl methyl sites for hydroxylation is 1. The van der Waals surface area contributed by atoms with Crippen molar-refractivity contribution < 1.29 is 4.79 Å². The maximum Gasteiger partial charge on any atom is 0.222 e. The van der Waals surface area contributed by atoms with Crippen LogP contribution in [-0.2, 0) is 11.3 Å². The Hall–Kier alpha value is -1.42. The van der Waals surface area contributed by atoms with Crippen molar-refractivity contribution in [1.29, 1.82) is 0 Å². The smallest absolute Gasteiger partial charge is 0.222 e. The van der Waals surface area contributed by atoms with Crippen LogP contribution in [0, 0.1) is 12.8 Å². The number of pyridine rings is 1. The molecular weight excluding hydrogens is 226 g/mol. The Morgan fingerprint density at radius 3 is 2.72 bits per heavy atom. The van der Waals surface area contributed by atoms with Crippen molar-refractivity contribution in [1.82, 2.24) is 15.2 Å². The highest BCUT2D eigenvalue weighted by molar-refractivity contribution is 5.78. The summed E-state index contributed by atoms with van der Waals surface area (Å²) in [6.07, 6.45) is 3.86. The van der Waals surface area contributed by atoms with Gasteiger partial charge in [-0.05, 0) is 44.5 Å². The molecule has 1 saturated heterocycles. The van der Waals surface area contributed by atoms with Crippen molar-refractivity contribution in [3.8, 4) is 0 Å². The molecule has 0 bridgehead atoms. The number of hydrogen-bond donors (Lipinski definition) is 1. The monoisotopic (exact) mass is 247 g/mol. The van der Waals surface area contributed by atoms with Gasteiger partial charge in [-0.25, -0.2) is 0 Å². The summed E-state index contributed by atoms with van der Waals surface area (Å²) in [7, 11) is 1.71. The molecule has 2 heterocycles. The van der Waals surface area contributed by atoms with Crippen LogP contribution >= 0.6 is 0 Å². The van der Waals surface area contributed by atoms with Crippen molar-refractivity contribution >= 4 is 5.91 Å². The van der Waals surface area contributed by atoms with E-state index in [0.717, 1.165) is 38.2 Å². The van der Waals surface area contributed by atoms with Gasteiger partial charge in [-0.1, -0.05) is 6.07 Å². The standard InChI is InChI=1S/C14H21N3O/c1-11-3-4-12(9-16-11)10-17-7-5-13(6-8-17)14(18)15-2/h3-4,9,13H,5-8,10H2,1-2H3,(H,15,18). The van der Waals surface area contributed by atoms with E-state index in [4.69, 9.17) is 0 Å². The van der Waals surface area contributed by atoms with Gasteiger partial charge in [0.2, 0.25) is 5.91 Å². The predicted molar refractivity (Wildman–Crippen MR) is 71.0 cm³/mol. The second-order valence-electron chi connectivity index (χ2n) is 4.97. The number of carbonyl (C=O) groups excluding carboxylic acids is 1. The Morgan fingerprint density at radius 2 is 2.17 bits per heavy atom. The number of amides is 1. The number of piperidine rings is 1.